The molecule has 2 N–H and O–H groups in total. The molecule has 2 fully saturated rings. The van der Waals surface area contributed by atoms with Gasteiger partial charge in [-0.2, -0.15) is 4.67 Å². The second-order valence-corrected chi connectivity index (χ2v) is 13.4. The fourth-order valence-electron chi connectivity index (χ4n) is 3.97. The molecule has 3 heterocycles. The van der Waals surface area contributed by atoms with Gasteiger partial charge in [0.1, 0.15) is 24.0 Å². The van der Waals surface area contributed by atoms with Crippen LogP contribution in [0.5, 0.6) is 5.75 Å². The van der Waals surface area contributed by atoms with E-state index in [2.05, 4.69) is 9.66 Å². The van der Waals surface area contributed by atoms with Gasteiger partial charge in [0, 0.05) is 52.9 Å². The van der Waals surface area contributed by atoms with Crippen LogP contribution in [-0.2, 0) is 29.7 Å². The first kappa shape index (κ1) is 29.1. The number of pyridine rings is 1. The number of ether oxygens (including phenoxy) is 2. The number of carbonyl (C=O) groups excluding carboxylic acids is 2. The van der Waals surface area contributed by atoms with Crippen LogP contribution in [-0.4, -0.2) is 56.6 Å². The molecule has 4 rings (SSSR count). The lowest BCUT2D eigenvalue weighted by Crippen LogP contribution is -2.40. The van der Waals surface area contributed by atoms with Crippen molar-refractivity contribution in [3.63, 3.8) is 0 Å². The Morgan fingerprint density at radius 3 is 2.76 bits per heavy atom. The van der Waals surface area contributed by atoms with Gasteiger partial charge in [-0.3, -0.25) is 14.3 Å². The standard InChI is InChI=1S/C22H25F2N2O9P3/c1-13(27)31-12-15-5-3-7-26(15)21(28)32-16-8-17(23)19(18(24)9-16)20-33-37-36-22(29,38(34-20)35-30)10-14-4-2-6-25-11-14/h2,4,6,8-9,11,15,20,29-30,36-37H,3,5,7,10,12H2,1H3. The second kappa shape index (κ2) is 12.9. The molecule has 1 amide bonds. The number of rotatable bonds is 7. The van der Waals surface area contributed by atoms with E-state index in [-0.39, 0.29) is 21.3 Å². The molecule has 0 radical (unpaired) electrons. The first-order chi connectivity index (χ1) is 18.2. The summed E-state index contributed by atoms with van der Waals surface area (Å²) in [4.78, 5) is 29.0. The number of likely N-dealkylation sites (tertiary alicyclic amines) is 1. The molecule has 206 valence electrons. The number of hydrogen-bond acceptors (Lipinski definition) is 10. The summed E-state index contributed by atoms with van der Waals surface area (Å²) in [6, 6.07) is 4.59. The van der Waals surface area contributed by atoms with Crippen LogP contribution in [0.25, 0.3) is 0 Å². The molecule has 6 unspecified atom stereocenters. The Labute approximate surface area is 221 Å². The molecule has 0 spiro atoms. The van der Waals surface area contributed by atoms with Gasteiger partial charge in [0.2, 0.25) is 8.38 Å². The number of halogens is 2. The van der Waals surface area contributed by atoms with Gasteiger partial charge in [0.25, 0.3) is 0 Å². The van der Waals surface area contributed by atoms with Crippen molar-refractivity contribution in [1.82, 2.24) is 9.88 Å². The average molecular weight is 592 g/mol. The number of esters is 1. The van der Waals surface area contributed by atoms with E-state index in [1.165, 1.54) is 18.0 Å². The highest BCUT2D eigenvalue weighted by Gasteiger charge is 2.46. The monoisotopic (exact) mass is 592 g/mol. The fourth-order valence-corrected chi connectivity index (χ4v) is 8.95. The smallest absolute Gasteiger partial charge is 0.415 e. The minimum atomic E-state index is -2.48. The first-order valence-corrected chi connectivity index (χ1v) is 15.5. The minimum absolute atomic E-state index is 0.00341. The Morgan fingerprint density at radius 1 is 1.34 bits per heavy atom. The highest BCUT2D eigenvalue weighted by Crippen LogP contribution is 2.70. The molecule has 11 nitrogen and oxygen atoms in total. The number of carbonyl (C=O) groups is 2. The van der Waals surface area contributed by atoms with E-state index in [1.54, 1.807) is 18.3 Å². The van der Waals surface area contributed by atoms with Crippen molar-refractivity contribution in [3.8, 4) is 5.75 Å². The van der Waals surface area contributed by atoms with Crippen molar-refractivity contribution in [2.75, 3.05) is 13.2 Å². The van der Waals surface area contributed by atoms with Crippen molar-refractivity contribution in [1.29, 1.82) is 0 Å². The van der Waals surface area contributed by atoms with Gasteiger partial charge < -0.3 is 24.0 Å². The topological polar surface area (TPSA) is 137 Å². The van der Waals surface area contributed by atoms with Crippen LogP contribution in [0.15, 0.2) is 36.7 Å². The van der Waals surface area contributed by atoms with Crippen molar-refractivity contribution >= 4 is 37.2 Å². The van der Waals surface area contributed by atoms with Gasteiger partial charge in [0.15, 0.2) is 11.4 Å². The van der Waals surface area contributed by atoms with Crippen molar-refractivity contribution in [2.24, 2.45) is 0 Å². The maximum atomic E-state index is 15.1. The van der Waals surface area contributed by atoms with Crippen LogP contribution in [0.2, 0.25) is 0 Å². The molecule has 0 bridgehead atoms. The van der Waals surface area contributed by atoms with Gasteiger partial charge in [-0.05, 0) is 32.7 Å². The Hall–Kier alpha value is -1.94. The van der Waals surface area contributed by atoms with Crippen LogP contribution >= 0.6 is 25.1 Å². The molecule has 38 heavy (non-hydrogen) atoms. The van der Waals surface area contributed by atoms with E-state index >= 15 is 8.78 Å². The quantitative estimate of drug-likeness (QED) is 0.200. The highest BCUT2D eigenvalue weighted by atomic mass is 32.0. The van der Waals surface area contributed by atoms with Crippen molar-refractivity contribution in [2.45, 2.75) is 43.6 Å². The fraction of sp³-hybridized carbons (Fsp3) is 0.409. The Balaban J connectivity index is 1.47. The third-order valence-electron chi connectivity index (χ3n) is 5.74. The van der Waals surface area contributed by atoms with E-state index in [0.717, 1.165) is 12.1 Å². The van der Waals surface area contributed by atoms with E-state index in [9.17, 15) is 20.0 Å². The molecule has 2 saturated heterocycles. The molecule has 2 aliphatic rings. The molecular formula is C22H25F2N2O9P3. The summed E-state index contributed by atoms with van der Waals surface area (Å²) in [6.45, 7) is 1.59. The summed E-state index contributed by atoms with van der Waals surface area (Å²) in [5.74, 6) is -3.14. The van der Waals surface area contributed by atoms with Gasteiger partial charge in [-0.15, -0.1) is 0 Å². The largest absolute Gasteiger partial charge is 0.464 e. The lowest BCUT2D eigenvalue weighted by molar-refractivity contribution is -0.154. The van der Waals surface area contributed by atoms with E-state index in [0.29, 0.717) is 24.9 Å². The van der Waals surface area contributed by atoms with Crippen LogP contribution in [0, 0.1) is 11.6 Å². The number of hydrogen-bond donors (Lipinski definition) is 2. The Bertz CT molecular complexity index is 1130. The third kappa shape index (κ3) is 6.97. The molecule has 2 aliphatic heterocycles. The third-order valence-corrected chi connectivity index (χ3v) is 11.5. The Kier molecular flexibility index (Phi) is 9.89. The zero-order valence-corrected chi connectivity index (χ0v) is 22.9. The molecule has 0 aliphatic carbocycles. The number of aromatic nitrogens is 1. The van der Waals surface area contributed by atoms with Gasteiger partial charge in [0.05, 0.1) is 11.6 Å². The van der Waals surface area contributed by atoms with Crippen LogP contribution in [0.3, 0.4) is 0 Å². The summed E-state index contributed by atoms with van der Waals surface area (Å²) in [5, 5.41) is 18.9. The maximum absolute atomic E-state index is 15.1. The zero-order valence-electron chi connectivity index (χ0n) is 20.0. The number of aliphatic hydroxyl groups is 1. The van der Waals surface area contributed by atoms with E-state index in [4.69, 9.17) is 18.5 Å². The molecule has 1 aromatic heterocycles. The molecule has 6 atom stereocenters. The first-order valence-electron chi connectivity index (χ1n) is 11.4. The van der Waals surface area contributed by atoms with Crippen LogP contribution in [0.1, 0.15) is 37.2 Å². The maximum Gasteiger partial charge on any atom is 0.415 e. The summed E-state index contributed by atoms with van der Waals surface area (Å²) < 4.78 is 55.8. The molecule has 1 aromatic carbocycles. The van der Waals surface area contributed by atoms with Gasteiger partial charge in [-0.25, -0.2) is 18.8 Å². The van der Waals surface area contributed by atoms with Gasteiger partial charge in [-0.1, -0.05) is 6.07 Å². The summed E-state index contributed by atoms with van der Waals surface area (Å²) >= 11 is 0. The van der Waals surface area contributed by atoms with Crippen LogP contribution < -0.4 is 4.74 Å². The molecular weight excluding hydrogens is 567 g/mol. The molecule has 0 saturated carbocycles. The average Bonchev–Trinajstić information content (AvgIpc) is 3.28. The molecule has 16 heteroatoms. The van der Waals surface area contributed by atoms with E-state index < -0.39 is 69.3 Å². The van der Waals surface area contributed by atoms with Gasteiger partial charge >= 0.3 is 12.1 Å². The normalized spacial score (nSPS) is 26.9. The SMILES string of the molecule is CC(=O)OCC1CCCN1C(=O)Oc1cc(F)c(C2OPPC(O)(Cc3cccnc3)P(OO)O2)c(F)c1. The summed E-state index contributed by atoms with van der Waals surface area (Å²) in [5.41, 5.74) is 0.00158. The highest BCUT2D eigenvalue weighted by molar-refractivity contribution is 8.12. The van der Waals surface area contributed by atoms with E-state index in [1.807, 2.05) is 0 Å². The predicted octanol–water partition coefficient (Wildman–Crippen LogP) is 4.81. The zero-order chi connectivity index (χ0) is 27.3. The number of amides is 1. The molecule has 2 aromatic rings. The summed E-state index contributed by atoms with van der Waals surface area (Å²) in [6.07, 6.45) is 1.86. The minimum Gasteiger partial charge on any atom is -0.464 e. The predicted molar refractivity (Wildman–Crippen MR) is 134 cm³/mol. The van der Waals surface area contributed by atoms with Crippen molar-refractivity contribution < 1.29 is 51.9 Å². The lowest BCUT2D eigenvalue weighted by Gasteiger charge is -2.30. The van der Waals surface area contributed by atoms with Crippen LogP contribution in [0.4, 0.5) is 13.6 Å². The number of benzene rings is 1. The summed E-state index contributed by atoms with van der Waals surface area (Å²) in [7, 11) is -3.24. The Morgan fingerprint density at radius 2 is 2.11 bits per heavy atom. The second-order valence-electron chi connectivity index (χ2n) is 8.44. The van der Waals surface area contributed by atoms with Crippen molar-refractivity contribution in [3.05, 3.63) is 59.4 Å². The number of nitrogens with zero attached hydrogens (tertiary/aromatic N) is 2. The lowest BCUT2D eigenvalue weighted by atomic mass is 10.2.